The summed E-state index contributed by atoms with van der Waals surface area (Å²) in [6, 6.07) is 9.82. The van der Waals surface area contributed by atoms with Gasteiger partial charge in [0.05, 0.1) is 28.4 Å². The van der Waals surface area contributed by atoms with Crippen LogP contribution in [0.2, 0.25) is 0 Å². The van der Waals surface area contributed by atoms with Crippen LogP contribution in [-0.4, -0.2) is 37.9 Å². The molecule has 4 heterocycles. The number of carbonyl (C=O) groups is 1. The number of fused-ring (bicyclic) bond motifs is 2. The summed E-state index contributed by atoms with van der Waals surface area (Å²) >= 11 is 1.44. The highest BCUT2D eigenvalue weighted by Crippen LogP contribution is 2.33. The van der Waals surface area contributed by atoms with Crippen molar-refractivity contribution in [2.24, 2.45) is 5.92 Å². The number of rotatable bonds is 3. The fraction of sp³-hybridized carbons (Fsp3) is 0.200. The maximum Gasteiger partial charge on any atom is 0.255 e. The first kappa shape index (κ1) is 16.7. The molecule has 1 aliphatic heterocycles. The molecule has 1 fully saturated rings. The molecule has 0 N–H and O–H groups in total. The SMILES string of the molecule is Cc1c(C(=O)N2CC(C#N)C2)cn2nccc(Oc3ccc4sncc4c3)c12. The van der Waals surface area contributed by atoms with Crippen LogP contribution < -0.4 is 4.74 Å². The van der Waals surface area contributed by atoms with Crippen molar-refractivity contribution in [1.82, 2.24) is 18.9 Å². The number of aryl methyl sites for hydroxylation is 1. The molecule has 0 atom stereocenters. The highest BCUT2D eigenvalue weighted by molar-refractivity contribution is 7.13. The number of hydrogen-bond donors (Lipinski definition) is 0. The molecular formula is C20H15N5O2S. The van der Waals surface area contributed by atoms with E-state index in [9.17, 15) is 4.79 Å². The van der Waals surface area contributed by atoms with E-state index in [-0.39, 0.29) is 11.8 Å². The molecule has 1 aromatic carbocycles. The predicted octanol–water partition coefficient (Wildman–Crippen LogP) is 3.64. The van der Waals surface area contributed by atoms with Gasteiger partial charge in [-0.2, -0.15) is 14.7 Å². The molecule has 4 aromatic rings. The minimum absolute atomic E-state index is 0.0696. The lowest BCUT2D eigenvalue weighted by atomic mass is 10.0. The molecule has 8 heteroatoms. The van der Waals surface area contributed by atoms with E-state index in [0.29, 0.717) is 30.2 Å². The van der Waals surface area contributed by atoms with Gasteiger partial charge in [0.15, 0.2) is 5.75 Å². The molecule has 0 unspecified atom stereocenters. The lowest BCUT2D eigenvalue weighted by Gasteiger charge is -2.35. The zero-order chi connectivity index (χ0) is 19.3. The van der Waals surface area contributed by atoms with E-state index >= 15 is 0 Å². The fourth-order valence-corrected chi connectivity index (χ4v) is 4.08. The average molecular weight is 389 g/mol. The van der Waals surface area contributed by atoms with Gasteiger partial charge in [0.25, 0.3) is 5.91 Å². The van der Waals surface area contributed by atoms with E-state index in [1.54, 1.807) is 27.9 Å². The summed E-state index contributed by atoms with van der Waals surface area (Å²) in [5.74, 6) is 1.19. The highest BCUT2D eigenvalue weighted by Gasteiger charge is 2.32. The zero-order valence-corrected chi connectivity index (χ0v) is 15.8. The van der Waals surface area contributed by atoms with Gasteiger partial charge in [-0.3, -0.25) is 4.79 Å². The van der Waals surface area contributed by atoms with Crippen molar-refractivity contribution in [3.05, 3.63) is 54.0 Å². The number of nitriles is 1. The van der Waals surface area contributed by atoms with Crippen LogP contribution in [0.15, 0.2) is 42.9 Å². The Hall–Kier alpha value is -3.44. The van der Waals surface area contributed by atoms with Crippen LogP contribution in [0, 0.1) is 24.2 Å². The molecular weight excluding hydrogens is 374 g/mol. The number of benzene rings is 1. The number of nitrogens with zero attached hydrogens (tertiary/aromatic N) is 5. The van der Waals surface area contributed by atoms with E-state index in [4.69, 9.17) is 10.00 Å². The minimum Gasteiger partial charge on any atom is -0.455 e. The normalized spacial score (nSPS) is 14.2. The third kappa shape index (κ3) is 2.60. The van der Waals surface area contributed by atoms with Crippen LogP contribution in [0.3, 0.4) is 0 Å². The summed E-state index contributed by atoms with van der Waals surface area (Å²) in [6.07, 6.45) is 5.19. The quantitative estimate of drug-likeness (QED) is 0.534. The van der Waals surface area contributed by atoms with Gasteiger partial charge in [-0.05, 0) is 42.2 Å². The molecule has 1 amide bonds. The van der Waals surface area contributed by atoms with Crippen molar-refractivity contribution < 1.29 is 9.53 Å². The number of hydrogen-bond acceptors (Lipinski definition) is 6. The van der Waals surface area contributed by atoms with Crippen molar-refractivity contribution in [3.8, 4) is 17.6 Å². The van der Waals surface area contributed by atoms with Crippen LogP contribution in [0.5, 0.6) is 11.5 Å². The van der Waals surface area contributed by atoms with Crippen molar-refractivity contribution in [2.75, 3.05) is 13.1 Å². The second-order valence-corrected chi connectivity index (χ2v) is 7.65. The summed E-state index contributed by atoms with van der Waals surface area (Å²) in [6.45, 7) is 2.85. The maximum atomic E-state index is 12.8. The van der Waals surface area contributed by atoms with Crippen LogP contribution in [-0.2, 0) is 0 Å². The Morgan fingerprint density at radius 1 is 1.36 bits per heavy atom. The maximum absolute atomic E-state index is 12.8. The Balaban J connectivity index is 1.50. The van der Waals surface area contributed by atoms with Gasteiger partial charge in [0.2, 0.25) is 0 Å². The Kier molecular flexibility index (Phi) is 3.77. The van der Waals surface area contributed by atoms with Gasteiger partial charge >= 0.3 is 0 Å². The molecule has 138 valence electrons. The zero-order valence-electron chi connectivity index (χ0n) is 15.0. The summed E-state index contributed by atoms with van der Waals surface area (Å²) in [7, 11) is 0. The van der Waals surface area contributed by atoms with Gasteiger partial charge in [0.1, 0.15) is 11.3 Å². The predicted molar refractivity (Wildman–Crippen MR) is 105 cm³/mol. The first-order chi connectivity index (χ1) is 13.6. The van der Waals surface area contributed by atoms with Crippen molar-refractivity contribution >= 4 is 33.0 Å². The van der Waals surface area contributed by atoms with Crippen LogP contribution in [0.25, 0.3) is 15.6 Å². The number of aromatic nitrogens is 3. The van der Waals surface area contributed by atoms with Gasteiger partial charge in [-0.25, -0.2) is 4.52 Å². The Labute approximate surface area is 164 Å². The number of amides is 1. The van der Waals surface area contributed by atoms with Crippen LogP contribution in [0.4, 0.5) is 0 Å². The smallest absolute Gasteiger partial charge is 0.255 e. The fourth-order valence-electron chi connectivity index (χ4n) is 3.46. The molecule has 0 saturated carbocycles. The van der Waals surface area contributed by atoms with E-state index in [0.717, 1.165) is 21.2 Å². The third-order valence-corrected chi connectivity index (χ3v) is 5.80. The molecule has 1 saturated heterocycles. The second-order valence-electron chi connectivity index (χ2n) is 6.82. The van der Waals surface area contributed by atoms with E-state index in [1.807, 2.05) is 31.3 Å². The number of carbonyl (C=O) groups excluding carboxylic acids is 1. The van der Waals surface area contributed by atoms with Gasteiger partial charge < -0.3 is 9.64 Å². The molecule has 0 bridgehead atoms. The summed E-state index contributed by atoms with van der Waals surface area (Å²) < 4.78 is 13.1. The van der Waals surface area contributed by atoms with E-state index in [2.05, 4.69) is 15.5 Å². The van der Waals surface area contributed by atoms with Crippen LogP contribution >= 0.6 is 11.5 Å². The van der Waals surface area contributed by atoms with Crippen molar-refractivity contribution in [3.63, 3.8) is 0 Å². The molecule has 5 rings (SSSR count). The molecule has 28 heavy (non-hydrogen) atoms. The van der Waals surface area contributed by atoms with E-state index in [1.165, 1.54) is 11.5 Å². The van der Waals surface area contributed by atoms with E-state index < -0.39 is 0 Å². The molecule has 0 radical (unpaired) electrons. The van der Waals surface area contributed by atoms with Crippen molar-refractivity contribution in [2.45, 2.75) is 6.92 Å². The Morgan fingerprint density at radius 3 is 3.04 bits per heavy atom. The minimum atomic E-state index is -0.0776. The Bertz CT molecular complexity index is 1260. The van der Waals surface area contributed by atoms with Crippen LogP contribution in [0.1, 0.15) is 15.9 Å². The second kappa shape index (κ2) is 6.32. The molecule has 0 aliphatic carbocycles. The molecule has 0 spiro atoms. The summed E-state index contributed by atoms with van der Waals surface area (Å²) in [4.78, 5) is 14.5. The standard InChI is InChI=1S/C20H15N5O2S/c1-12-16(20(26)24-9-13(7-21)10-24)11-25-19(12)17(4-5-22-25)27-15-2-3-18-14(6-15)8-23-28-18/h2-6,8,11,13H,9-10H2,1H3. The molecule has 1 aliphatic rings. The largest absolute Gasteiger partial charge is 0.455 e. The first-order valence-corrected chi connectivity index (χ1v) is 9.59. The molecule has 3 aromatic heterocycles. The monoisotopic (exact) mass is 389 g/mol. The topological polar surface area (TPSA) is 83.5 Å². The van der Waals surface area contributed by atoms with Gasteiger partial charge in [-0.15, -0.1) is 0 Å². The first-order valence-electron chi connectivity index (χ1n) is 8.82. The lowest BCUT2D eigenvalue weighted by Crippen LogP contribution is -2.49. The Morgan fingerprint density at radius 2 is 2.21 bits per heavy atom. The third-order valence-electron chi connectivity index (χ3n) is 5.02. The average Bonchev–Trinajstić information content (AvgIpc) is 3.25. The number of ether oxygens (including phenoxy) is 1. The lowest BCUT2D eigenvalue weighted by molar-refractivity contribution is 0.0576. The summed E-state index contributed by atoms with van der Waals surface area (Å²) in [5, 5.41) is 14.3. The van der Waals surface area contributed by atoms with Gasteiger partial charge in [0, 0.05) is 36.9 Å². The van der Waals surface area contributed by atoms with Crippen molar-refractivity contribution in [1.29, 1.82) is 5.26 Å². The number of likely N-dealkylation sites (tertiary alicyclic amines) is 1. The summed E-state index contributed by atoms with van der Waals surface area (Å²) in [5.41, 5.74) is 2.15. The van der Waals surface area contributed by atoms with Gasteiger partial charge in [-0.1, -0.05) is 0 Å². The highest BCUT2D eigenvalue weighted by atomic mass is 32.1. The molecule has 7 nitrogen and oxygen atoms in total.